The molecule has 0 saturated carbocycles. The zero-order valence-corrected chi connectivity index (χ0v) is 19.5. The number of piperidine rings is 1. The van der Waals surface area contributed by atoms with E-state index in [1.165, 1.54) is 0 Å². The van der Waals surface area contributed by atoms with Gasteiger partial charge in [0.2, 0.25) is 0 Å². The molecule has 7 heteroatoms. The molecule has 4 aromatic rings. The van der Waals surface area contributed by atoms with Crippen LogP contribution in [0.5, 0.6) is 0 Å². The van der Waals surface area contributed by atoms with Crippen LogP contribution in [-0.4, -0.2) is 42.7 Å². The van der Waals surface area contributed by atoms with Crippen molar-refractivity contribution in [2.45, 2.75) is 52.5 Å². The number of amides is 1. The maximum absolute atomic E-state index is 13.7. The Morgan fingerprint density at radius 2 is 1.94 bits per heavy atom. The predicted octanol–water partition coefficient (Wildman–Crippen LogP) is 5.02. The highest BCUT2D eigenvalue weighted by atomic mass is 32.1. The average molecular weight is 446 g/mol. The van der Waals surface area contributed by atoms with Gasteiger partial charge in [-0.25, -0.2) is 15.0 Å². The van der Waals surface area contributed by atoms with Crippen LogP contribution in [0.1, 0.15) is 51.7 Å². The lowest BCUT2D eigenvalue weighted by molar-refractivity contribution is 0.0608. The number of hydrogen-bond acceptors (Lipinski definition) is 5. The zero-order valence-electron chi connectivity index (χ0n) is 18.7. The van der Waals surface area contributed by atoms with Gasteiger partial charge in [0, 0.05) is 36.5 Å². The molecule has 0 radical (unpaired) electrons. The summed E-state index contributed by atoms with van der Waals surface area (Å²) in [7, 11) is 0. The highest BCUT2D eigenvalue weighted by molar-refractivity contribution is 7.15. The van der Waals surface area contributed by atoms with E-state index in [4.69, 9.17) is 4.98 Å². The van der Waals surface area contributed by atoms with Crippen LogP contribution in [0.2, 0.25) is 0 Å². The van der Waals surface area contributed by atoms with E-state index in [1.807, 2.05) is 59.8 Å². The molecule has 1 fully saturated rings. The highest BCUT2D eigenvalue weighted by Gasteiger charge is 2.31. The van der Waals surface area contributed by atoms with Gasteiger partial charge in [-0.2, -0.15) is 0 Å². The molecule has 0 bridgehead atoms. The first-order chi connectivity index (χ1) is 15.5. The third kappa shape index (κ3) is 3.81. The summed E-state index contributed by atoms with van der Waals surface area (Å²) < 4.78 is 1.99. The summed E-state index contributed by atoms with van der Waals surface area (Å²) in [6.45, 7) is 6.80. The van der Waals surface area contributed by atoms with Gasteiger partial charge in [-0.1, -0.05) is 30.3 Å². The molecule has 5 rings (SSSR count). The summed E-state index contributed by atoms with van der Waals surface area (Å²) in [5, 5.41) is 0.916. The maximum Gasteiger partial charge on any atom is 0.274 e. The third-order valence-corrected chi connectivity index (χ3v) is 7.36. The van der Waals surface area contributed by atoms with E-state index in [9.17, 15) is 4.79 Å². The Balaban J connectivity index is 1.44. The first kappa shape index (κ1) is 20.8. The van der Waals surface area contributed by atoms with Crippen LogP contribution in [0.15, 0.2) is 42.9 Å². The lowest BCUT2D eigenvalue weighted by Crippen LogP contribution is -2.45. The van der Waals surface area contributed by atoms with Crippen molar-refractivity contribution in [3.05, 3.63) is 70.5 Å². The molecule has 4 heterocycles. The zero-order chi connectivity index (χ0) is 22.2. The number of aromatic nitrogens is 4. The molecule has 1 aliphatic heterocycles. The molecule has 1 atom stereocenters. The molecule has 3 aromatic heterocycles. The highest BCUT2D eigenvalue weighted by Crippen LogP contribution is 2.32. The van der Waals surface area contributed by atoms with Crippen molar-refractivity contribution in [1.29, 1.82) is 0 Å². The Labute approximate surface area is 192 Å². The number of aryl methyl sites for hydroxylation is 3. The number of benzene rings is 1. The van der Waals surface area contributed by atoms with E-state index in [-0.39, 0.29) is 11.9 Å². The number of likely N-dealkylation sites (tertiary alicyclic amines) is 1. The van der Waals surface area contributed by atoms with Crippen molar-refractivity contribution in [2.75, 3.05) is 6.54 Å². The van der Waals surface area contributed by atoms with Gasteiger partial charge in [-0.15, -0.1) is 11.3 Å². The van der Waals surface area contributed by atoms with Crippen LogP contribution < -0.4 is 0 Å². The first-order valence-corrected chi connectivity index (χ1v) is 12.0. The number of imidazole rings is 1. The van der Waals surface area contributed by atoms with Crippen molar-refractivity contribution < 1.29 is 4.79 Å². The molecule has 0 aliphatic carbocycles. The molecule has 0 spiro atoms. The lowest BCUT2D eigenvalue weighted by Gasteiger charge is -2.35. The van der Waals surface area contributed by atoms with Gasteiger partial charge in [0.25, 0.3) is 5.91 Å². The van der Waals surface area contributed by atoms with E-state index in [0.29, 0.717) is 5.69 Å². The Morgan fingerprint density at radius 3 is 2.75 bits per heavy atom. The number of carbonyl (C=O) groups is 1. The molecule has 164 valence electrons. The van der Waals surface area contributed by atoms with Gasteiger partial charge >= 0.3 is 0 Å². The summed E-state index contributed by atoms with van der Waals surface area (Å²) in [5.41, 5.74) is 5.67. The molecule has 1 aromatic carbocycles. The normalized spacial score (nSPS) is 16.6. The van der Waals surface area contributed by atoms with Crippen molar-refractivity contribution in [3.63, 3.8) is 0 Å². The number of fused-ring (bicyclic) bond motifs is 1. The molecule has 1 unspecified atom stereocenters. The van der Waals surface area contributed by atoms with Crippen molar-refractivity contribution in [2.24, 2.45) is 0 Å². The fourth-order valence-electron chi connectivity index (χ4n) is 4.53. The first-order valence-electron chi connectivity index (χ1n) is 11.1. The molecule has 1 aliphatic rings. The van der Waals surface area contributed by atoms with Gasteiger partial charge in [-0.05, 0) is 45.6 Å². The molecule has 0 N–H and O–H groups in total. The van der Waals surface area contributed by atoms with Crippen LogP contribution in [-0.2, 0) is 6.42 Å². The van der Waals surface area contributed by atoms with Crippen molar-refractivity contribution in [3.8, 4) is 10.4 Å². The third-order valence-electron chi connectivity index (χ3n) is 6.34. The van der Waals surface area contributed by atoms with Crippen LogP contribution >= 0.6 is 11.3 Å². The Hall–Kier alpha value is -3.06. The Morgan fingerprint density at radius 1 is 1.12 bits per heavy atom. The summed E-state index contributed by atoms with van der Waals surface area (Å²) in [6, 6.07) is 10.2. The number of carbonyl (C=O) groups excluding carboxylic acids is 1. The summed E-state index contributed by atoms with van der Waals surface area (Å²) in [4.78, 5) is 30.7. The summed E-state index contributed by atoms with van der Waals surface area (Å²) in [5.74, 6) is 0.0374. The average Bonchev–Trinajstić information content (AvgIpc) is 3.40. The van der Waals surface area contributed by atoms with Crippen LogP contribution in [0.25, 0.3) is 16.1 Å². The molecule has 1 amide bonds. The molecular weight excluding hydrogens is 418 g/mol. The van der Waals surface area contributed by atoms with E-state index in [0.717, 1.165) is 70.3 Å². The van der Waals surface area contributed by atoms with Gasteiger partial charge in [-0.3, -0.25) is 9.20 Å². The SMILES string of the molecule is Cc1nc(C(=O)N2CCCCC2Cc2cn3cnc(C)c(C)c3n2)c(-c2ccccc2)s1. The van der Waals surface area contributed by atoms with Crippen molar-refractivity contribution >= 4 is 22.9 Å². The fraction of sp³-hybridized carbons (Fsp3) is 0.360. The minimum absolute atomic E-state index is 0.0374. The van der Waals surface area contributed by atoms with Gasteiger partial charge < -0.3 is 4.90 Å². The topological polar surface area (TPSA) is 63.4 Å². The summed E-state index contributed by atoms with van der Waals surface area (Å²) in [6.07, 6.45) is 7.76. The Kier molecular flexibility index (Phi) is 5.51. The Bertz CT molecular complexity index is 1280. The van der Waals surface area contributed by atoms with E-state index >= 15 is 0 Å². The van der Waals surface area contributed by atoms with Crippen LogP contribution in [0, 0.1) is 20.8 Å². The second-order valence-electron chi connectivity index (χ2n) is 8.55. The van der Waals surface area contributed by atoms with Crippen LogP contribution in [0.3, 0.4) is 0 Å². The number of hydrogen-bond donors (Lipinski definition) is 0. The molecule has 6 nitrogen and oxygen atoms in total. The second-order valence-corrected chi connectivity index (χ2v) is 9.75. The van der Waals surface area contributed by atoms with Gasteiger partial charge in [0.1, 0.15) is 17.7 Å². The minimum atomic E-state index is 0.0374. The monoisotopic (exact) mass is 445 g/mol. The fourth-order valence-corrected chi connectivity index (χ4v) is 5.45. The standard InChI is InChI=1S/C25H27N5OS/c1-16-17(2)26-15-29-14-20(28-24(16)29)13-21-11-7-8-12-30(21)25(31)22-23(32-18(3)27-22)19-9-5-4-6-10-19/h4-6,9-10,14-15,21H,7-8,11-13H2,1-3H3. The van der Waals surface area contributed by atoms with Crippen LogP contribution in [0.4, 0.5) is 0 Å². The molecule has 32 heavy (non-hydrogen) atoms. The second kappa shape index (κ2) is 8.47. The maximum atomic E-state index is 13.7. The quantitative estimate of drug-likeness (QED) is 0.443. The summed E-state index contributed by atoms with van der Waals surface area (Å²) >= 11 is 1.59. The van der Waals surface area contributed by atoms with Gasteiger partial charge in [0.05, 0.1) is 15.6 Å². The van der Waals surface area contributed by atoms with E-state index in [2.05, 4.69) is 23.1 Å². The molecular formula is C25H27N5OS. The smallest absolute Gasteiger partial charge is 0.274 e. The lowest BCUT2D eigenvalue weighted by atomic mass is 9.97. The molecule has 1 saturated heterocycles. The number of thiazole rings is 1. The van der Waals surface area contributed by atoms with Crippen molar-refractivity contribution in [1.82, 2.24) is 24.3 Å². The minimum Gasteiger partial charge on any atom is -0.334 e. The van der Waals surface area contributed by atoms with E-state index in [1.54, 1.807) is 11.3 Å². The number of rotatable bonds is 4. The predicted molar refractivity (Wildman–Crippen MR) is 127 cm³/mol. The largest absolute Gasteiger partial charge is 0.334 e. The van der Waals surface area contributed by atoms with E-state index < -0.39 is 0 Å². The van der Waals surface area contributed by atoms with Gasteiger partial charge in [0.15, 0.2) is 0 Å². The number of nitrogens with zero attached hydrogens (tertiary/aromatic N) is 5.